The summed E-state index contributed by atoms with van der Waals surface area (Å²) in [6, 6.07) is 0.348. The van der Waals surface area contributed by atoms with E-state index in [1.165, 1.54) is 4.90 Å². The van der Waals surface area contributed by atoms with Gasteiger partial charge in [-0.2, -0.15) is 13.2 Å². The molecule has 0 amide bonds. The minimum Gasteiger partial charge on any atom is -0.313 e. The van der Waals surface area contributed by atoms with Gasteiger partial charge in [0.1, 0.15) is 0 Å². The predicted octanol–water partition coefficient (Wildman–Crippen LogP) is 1.97. The zero-order valence-electron chi connectivity index (χ0n) is 10.3. The number of hydrogen-bond acceptors (Lipinski definition) is 3. The topological polar surface area (TPSA) is 15.3 Å². The Morgan fingerprint density at radius 3 is 2.56 bits per heavy atom. The summed E-state index contributed by atoms with van der Waals surface area (Å²) >= 11 is 1.69. The van der Waals surface area contributed by atoms with Crippen molar-refractivity contribution in [2.75, 3.05) is 37.7 Å². The van der Waals surface area contributed by atoms with Crippen molar-refractivity contribution in [3.8, 4) is 12.3 Å². The lowest BCUT2D eigenvalue weighted by atomic mass is 10.1. The van der Waals surface area contributed by atoms with Gasteiger partial charge in [0.05, 0.1) is 12.3 Å². The van der Waals surface area contributed by atoms with Crippen LogP contribution in [0.2, 0.25) is 0 Å². The first kappa shape index (κ1) is 15.7. The fourth-order valence-corrected chi connectivity index (χ4v) is 2.54. The molecule has 0 spiro atoms. The third kappa shape index (κ3) is 7.14. The molecule has 18 heavy (non-hydrogen) atoms. The molecule has 0 aromatic heterocycles. The van der Waals surface area contributed by atoms with Crippen LogP contribution in [0.15, 0.2) is 0 Å². The van der Waals surface area contributed by atoms with Gasteiger partial charge in [0, 0.05) is 18.3 Å². The Morgan fingerprint density at radius 2 is 2.00 bits per heavy atom. The normalized spacial score (nSPS) is 18.8. The molecule has 6 heteroatoms. The molecule has 2 nitrogen and oxygen atoms in total. The van der Waals surface area contributed by atoms with Crippen LogP contribution in [0.5, 0.6) is 0 Å². The molecule has 1 aliphatic rings. The quantitative estimate of drug-likeness (QED) is 0.591. The SMILES string of the molecule is C#CCSCCNC1CCN(CC(F)(F)F)CC1. The summed E-state index contributed by atoms with van der Waals surface area (Å²) < 4.78 is 36.5. The van der Waals surface area contributed by atoms with Crippen molar-refractivity contribution in [3.05, 3.63) is 0 Å². The third-order valence-electron chi connectivity index (χ3n) is 2.86. The van der Waals surface area contributed by atoms with E-state index in [2.05, 4.69) is 11.2 Å². The van der Waals surface area contributed by atoms with Gasteiger partial charge in [0.2, 0.25) is 0 Å². The summed E-state index contributed by atoms with van der Waals surface area (Å²) in [4.78, 5) is 1.48. The van der Waals surface area contributed by atoms with Crippen molar-refractivity contribution in [1.82, 2.24) is 10.2 Å². The van der Waals surface area contributed by atoms with E-state index in [9.17, 15) is 13.2 Å². The molecule has 1 saturated heterocycles. The fraction of sp³-hybridized carbons (Fsp3) is 0.833. The first-order valence-electron chi connectivity index (χ1n) is 6.05. The highest BCUT2D eigenvalue weighted by Crippen LogP contribution is 2.19. The monoisotopic (exact) mass is 280 g/mol. The number of likely N-dealkylation sites (tertiary alicyclic amines) is 1. The highest BCUT2D eigenvalue weighted by Gasteiger charge is 2.32. The lowest BCUT2D eigenvalue weighted by Gasteiger charge is -2.32. The average Bonchev–Trinajstić information content (AvgIpc) is 2.29. The summed E-state index contributed by atoms with van der Waals surface area (Å²) in [5.41, 5.74) is 0. The molecular weight excluding hydrogens is 261 g/mol. The molecule has 0 atom stereocenters. The van der Waals surface area contributed by atoms with Crippen LogP contribution in [0, 0.1) is 12.3 Å². The molecule has 0 unspecified atom stereocenters. The van der Waals surface area contributed by atoms with Gasteiger partial charge in [-0.1, -0.05) is 5.92 Å². The molecule has 1 fully saturated rings. The van der Waals surface area contributed by atoms with Gasteiger partial charge in [-0.25, -0.2) is 0 Å². The van der Waals surface area contributed by atoms with E-state index in [4.69, 9.17) is 6.42 Å². The van der Waals surface area contributed by atoms with E-state index in [1.54, 1.807) is 11.8 Å². The molecule has 1 N–H and O–H groups in total. The molecule has 0 saturated carbocycles. The zero-order chi connectivity index (χ0) is 13.4. The molecule has 0 aliphatic carbocycles. The smallest absolute Gasteiger partial charge is 0.313 e. The van der Waals surface area contributed by atoms with Crippen molar-refractivity contribution in [1.29, 1.82) is 0 Å². The Morgan fingerprint density at radius 1 is 1.33 bits per heavy atom. The van der Waals surface area contributed by atoms with Crippen LogP contribution >= 0.6 is 11.8 Å². The van der Waals surface area contributed by atoms with Crippen LogP contribution < -0.4 is 5.32 Å². The Bertz CT molecular complexity index is 267. The molecular formula is C12H19F3N2S. The lowest BCUT2D eigenvalue weighted by molar-refractivity contribution is -0.148. The first-order valence-corrected chi connectivity index (χ1v) is 7.20. The van der Waals surface area contributed by atoms with Crippen LogP contribution in [0.3, 0.4) is 0 Å². The average molecular weight is 280 g/mol. The summed E-state index contributed by atoms with van der Waals surface area (Å²) in [7, 11) is 0. The number of piperidine rings is 1. The number of thioether (sulfide) groups is 1. The summed E-state index contributed by atoms with van der Waals surface area (Å²) in [5, 5.41) is 3.37. The molecule has 0 bridgehead atoms. The summed E-state index contributed by atoms with van der Waals surface area (Å²) in [6.45, 7) is 1.14. The van der Waals surface area contributed by atoms with Crippen LogP contribution in [0.1, 0.15) is 12.8 Å². The standard InChI is InChI=1S/C12H19F3N2S/c1-2-8-18-9-5-16-11-3-6-17(7-4-11)10-12(13,14)15/h1,11,16H,3-10H2. The van der Waals surface area contributed by atoms with Gasteiger partial charge in [-0.3, -0.25) is 4.90 Å². The molecule has 0 aromatic rings. The number of rotatable bonds is 6. The van der Waals surface area contributed by atoms with Crippen molar-refractivity contribution >= 4 is 11.8 Å². The summed E-state index contributed by atoms with van der Waals surface area (Å²) in [5.74, 6) is 4.22. The van der Waals surface area contributed by atoms with Crippen LogP contribution in [0.25, 0.3) is 0 Å². The van der Waals surface area contributed by atoms with Crippen LogP contribution in [-0.2, 0) is 0 Å². The molecule has 0 aromatic carbocycles. The second kappa shape index (κ2) is 7.93. The van der Waals surface area contributed by atoms with Crippen molar-refractivity contribution < 1.29 is 13.2 Å². The first-order chi connectivity index (χ1) is 8.51. The Balaban J connectivity index is 2.07. The summed E-state index contributed by atoms with van der Waals surface area (Å²) in [6.07, 6.45) is 2.63. The fourth-order valence-electron chi connectivity index (χ4n) is 2.02. The number of terminal acetylenes is 1. The van der Waals surface area contributed by atoms with E-state index in [1.807, 2.05) is 0 Å². The van der Waals surface area contributed by atoms with Gasteiger partial charge in [-0.05, 0) is 25.9 Å². The number of nitrogens with one attached hydrogen (secondary N) is 1. The van der Waals surface area contributed by atoms with Crippen molar-refractivity contribution in [2.24, 2.45) is 0 Å². The number of alkyl halides is 3. The molecule has 104 valence electrons. The number of halogens is 3. The Labute approximate surface area is 111 Å². The van der Waals surface area contributed by atoms with Gasteiger partial charge in [-0.15, -0.1) is 18.2 Å². The van der Waals surface area contributed by atoms with E-state index >= 15 is 0 Å². The second-order valence-electron chi connectivity index (χ2n) is 4.38. The largest absolute Gasteiger partial charge is 0.401 e. The molecule has 1 heterocycles. The maximum absolute atomic E-state index is 12.2. The van der Waals surface area contributed by atoms with Crippen molar-refractivity contribution in [3.63, 3.8) is 0 Å². The van der Waals surface area contributed by atoms with E-state index in [-0.39, 0.29) is 0 Å². The Kier molecular flexibility index (Phi) is 6.90. The van der Waals surface area contributed by atoms with Gasteiger partial charge in [0.15, 0.2) is 0 Å². The minimum atomic E-state index is -4.08. The number of nitrogens with zero attached hydrogens (tertiary/aromatic N) is 1. The highest BCUT2D eigenvalue weighted by molar-refractivity contribution is 7.99. The zero-order valence-corrected chi connectivity index (χ0v) is 11.1. The van der Waals surface area contributed by atoms with E-state index in [0.29, 0.717) is 24.9 Å². The lowest BCUT2D eigenvalue weighted by Crippen LogP contribution is -2.45. The molecule has 0 radical (unpaired) electrons. The van der Waals surface area contributed by atoms with Crippen LogP contribution in [0.4, 0.5) is 13.2 Å². The van der Waals surface area contributed by atoms with Crippen molar-refractivity contribution in [2.45, 2.75) is 25.1 Å². The maximum atomic E-state index is 12.2. The molecule has 1 rings (SSSR count). The van der Waals surface area contributed by atoms with Crippen LogP contribution in [-0.4, -0.2) is 54.8 Å². The van der Waals surface area contributed by atoms with Gasteiger partial charge >= 0.3 is 6.18 Å². The highest BCUT2D eigenvalue weighted by atomic mass is 32.2. The third-order valence-corrected chi connectivity index (χ3v) is 3.72. The Hall–Kier alpha value is -0.380. The van der Waals surface area contributed by atoms with E-state index < -0.39 is 12.7 Å². The molecule has 1 aliphatic heterocycles. The minimum absolute atomic E-state index is 0.348. The predicted molar refractivity (Wildman–Crippen MR) is 69.7 cm³/mol. The second-order valence-corrected chi connectivity index (χ2v) is 5.48. The number of hydrogen-bond donors (Lipinski definition) is 1. The van der Waals surface area contributed by atoms with E-state index in [0.717, 1.165) is 25.1 Å². The van der Waals surface area contributed by atoms with Gasteiger partial charge in [0.25, 0.3) is 0 Å². The maximum Gasteiger partial charge on any atom is 0.401 e. The van der Waals surface area contributed by atoms with Gasteiger partial charge < -0.3 is 5.32 Å².